The molecule has 1 atom stereocenters. The fraction of sp³-hybridized carbons (Fsp3) is 0.800. The summed E-state index contributed by atoms with van der Waals surface area (Å²) in [7, 11) is 0. The molecule has 2 N–H and O–H groups in total. The van der Waals surface area contributed by atoms with Crippen LogP contribution in [0.5, 0.6) is 0 Å². The van der Waals surface area contributed by atoms with Crippen LogP contribution in [0, 0.1) is 5.92 Å². The molecule has 1 aliphatic rings. The molecular formula is C5H7F2NO2. The van der Waals surface area contributed by atoms with Crippen LogP contribution < -0.4 is 5.73 Å². The van der Waals surface area contributed by atoms with Crippen LogP contribution in [0.2, 0.25) is 0 Å². The summed E-state index contributed by atoms with van der Waals surface area (Å²) in [6.45, 7) is -0.262. The van der Waals surface area contributed by atoms with Gasteiger partial charge in [0.25, 0.3) is 5.92 Å². The third kappa shape index (κ3) is 1.55. The minimum atomic E-state index is -2.63. The zero-order valence-corrected chi connectivity index (χ0v) is 5.14. The van der Waals surface area contributed by atoms with Crippen molar-refractivity contribution in [2.45, 2.75) is 12.3 Å². The van der Waals surface area contributed by atoms with Crippen LogP contribution in [-0.2, 0) is 4.74 Å². The monoisotopic (exact) mass is 151 g/mol. The highest BCUT2D eigenvalue weighted by Crippen LogP contribution is 2.48. The Kier molecular flexibility index (Phi) is 1.50. The number of alkyl halides is 2. The summed E-state index contributed by atoms with van der Waals surface area (Å²) in [5, 5.41) is 0. The van der Waals surface area contributed by atoms with Gasteiger partial charge in [0.2, 0.25) is 0 Å². The van der Waals surface area contributed by atoms with Crippen molar-refractivity contribution in [1.82, 2.24) is 0 Å². The first kappa shape index (κ1) is 7.24. The highest BCUT2D eigenvalue weighted by molar-refractivity contribution is 5.64. The van der Waals surface area contributed by atoms with Crippen molar-refractivity contribution < 1.29 is 18.3 Å². The molecule has 58 valence electrons. The Morgan fingerprint density at radius 2 is 2.30 bits per heavy atom. The van der Waals surface area contributed by atoms with Gasteiger partial charge in [0.15, 0.2) is 0 Å². The highest BCUT2D eigenvalue weighted by Gasteiger charge is 2.57. The molecule has 3 nitrogen and oxygen atoms in total. The smallest absolute Gasteiger partial charge is 0.404 e. The molecule has 0 spiro atoms. The number of halogens is 2. The molecule has 0 saturated heterocycles. The maximum atomic E-state index is 12.0. The molecule has 0 heterocycles. The van der Waals surface area contributed by atoms with E-state index in [0.717, 1.165) is 0 Å². The van der Waals surface area contributed by atoms with Gasteiger partial charge in [-0.25, -0.2) is 13.6 Å². The maximum absolute atomic E-state index is 12.0. The lowest BCUT2D eigenvalue weighted by atomic mass is 10.4. The van der Waals surface area contributed by atoms with Crippen molar-refractivity contribution in [3.63, 3.8) is 0 Å². The van der Waals surface area contributed by atoms with E-state index in [1.165, 1.54) is 0 Å². The third-order valence-corrected chi connectivity index (χ3v) is 1.38. The van der Waals surface area contributed by atoms with E-state index in [1.54, 1.807) is 0 Å². The van der Waals surface area contributed by atoms with E-state index < -0.39 is 17.9 Å². The number of rotatable bonds is 2. The summed E-state index contributed by atoms with van der Waals surface area (Å²) in [5.74, 6) is -3.44. The van der Waals surface area contributed by atoms with Gasteiger partial charge in [0.1, 0.15) is 6.61 Å². The highest BCUT2D eigenvalue weighted by atomic mass is 19.3. The second kappa shape index (κ2) is 2.07. The standard InChI is InChI=1S/C5H7F2NO2/c6-5(7)1-3(5)2-10-4(8)9/h3H,1-2H2,(H2,8,9). The number of ether oxygens (including phenoxy) is 1. The Morgan fingerprint density at radius 3 is 2.60 bits per heavy atom. The molecule has 1 amide bonds. The van der Waals surface area contributed by atoms with Gasteiger partial charge in [-0.2, -0.15) is 0 Å². The minimum Gasteiger partial charge on any atom is -0.449 e. The number of carbonyl (C=O) groups excluding carboxylic acids is 1. The Hall–Kier alpha value is -0.870. The van der Waals surface area contributed by atoms with Crippen molar-refractivity contribution in [2.75, 3.05) is 6.61 Å². The van der Waals surface area contributed by atoms with Gasteiger partial charge in [-0.1, -0.05) is 0 Å². The van der Waals surface area contributed by atoms with Gasteiger partial charge < -0.3 is 10.5 Å². The lowest BCUT2D eigenvalue weighted by molar-refractivity contribution is 0.0748. The number of carbonyl (C=O) groups is 1. The van der Waals surface area contributed by atoms with Gasteiger partial charge in [-0.3, -0.25) is 0 Å². The predicted octanol–water partition coefficient (Wildman–Crippen LogP) is 0.737. The summed E-state index contributed by atoms with van der Waals surface area (Å²) < 4.78 is 28.2. The van der Waals surface area contributed by atoms with Crippen molar-refractivity contribution in [3.05, 3.63) is 0 Å². The molecule has 1 aliphatic carbocycles. The summed E-state index contributed by atoms with van der Waals surface area (Å²) in [6.07, 6.45) is -1.19. The average Bonchev–Trinajstić information content (AvgIpc) is 2.35. The number of hydrogen-bond acceptors (Lipinski definition) is 2. The second-order valence-electron chi connectivity index (χ2n) is 2.29. The molecule has 0 radical (unpaired) electrons. The van der Waals surface area contributed by atoms with E-state index in [2.05, 4.69) is 10.5 Å². The maximum Gasteiger partial charge on any atom is 0.404 e. The zero-order chi connectivity index (χ0) is 7.78. The van der Waals surface area contributed by atoms with Crippen LogP contribution in [0.15, 0.2) is 0 Å². The van der Waals surface area contributed by atoms with E-state index in [0.29, 0.717) is 0 Å². The Balaban J connectivity index is 2.13. The van der Waals surface area contributed by atoms with Gasteiger partial charge >= 0.3 is 6.09 Å². The first-order valence-corrected chi connectivity index (χ1v) is 2.82. The van der Waals surface area contributed by atoms with Crippen molar-refractivity contribution in [2.24, 2.45) is 11.7 Å². The molecule has 0 bridgehead atoms. The summed E-state index contributed by atoms with van der Waals surface area (Å²) in [4.78, 5) is 9.90. The molecule has 5 heteroatoms. The molecule has 0 aliphatic heterocycles. The fourth-order valence-corrected chi connectivity index (χ4v) is 0.633. The molecule has 1 saturated carbocycles. The van der Waals surface area contributed by atoms with E-state index in [-0.39, 0.29) is 13.0 Å². The van der Waals surface area contributed by atoms with Crippen LogP contribution >= 0.6 is 0 Å². The Labute approximate surface area is 56.1 Å². The van der Waals surface area contributed by atoms with E-state index >= 15 is 0 Å². The number of hydrogen-bond donors (Lipinski definition) is 1. The average molecular weight is 151 g/mol. The molecule has 0 aromatic heterocycles. The van der Waals surface area contributed by atoms with E-state index in [1.807, 2.05) is 0 Å². The third-order valence-electron chi connectivity index (χ3n) is 1.38. The minimum absolute atomic E-state index is 0.194. The predicted molar refractivity (Wildman–Crippen MR) is 28.6 cm³/mol. The number of amides is 1. The van der Waals surface area contributed by atoms with Crippen molar-refractivity contribution in [1.29, 1.82) is 0 Å². The van der Waals surface area contributed by atoms with Crippen LogP contribution in [-0.4, -0.2) is 18.6 Å². The molecule has 1 rings (SSSR count). The quantitative estimate of drug-likeness (QED) is 0.632. The van der Waals surface area contributed by atoms with Crippen molar-refractivity contribution >= 4 is 6.09 Å². The lowest BCUT2D eigenvalue weighted by Crippen LogP contribution is -2.15. The summed E-state index contributed by atoms with van der Waals surface area (Å²) >= 11 is 0. The van der Waals surface area contributed by atoms with E-state index in [9.17, 15) is 13.6 Å². The topological polar surface area (TPSA) is 52.3 Å². The molecule has 10 heavy (non-hydrogen) atoms. The van der Waals surface area contributed by atoms with Crippen LogP contribution in [0.3, 0.4) is 0 Å². The lowest BCUT2D eigenvalue weighted by Gasteiger charge is -1.97. The van der Waals surface area contributed by atoms with Gasteiger partial charge in [0.05, 0.1) is 5.92 Å². The summed E-state index contributed by atoms with van der Waals surface area (Å²) in [6, 6.07) is 0. The first-order valence-electron chi connectivity index (χ1n) is 2.82. The van der Waals surface area contributed by atoms with Gasteiger partial charge in [0, 0.05) is 6.42 Å². The first-order chi connectivity index (χ1) is 4.52. The van der Waals surface area contributed by atoms with Gasteiger partial charge in [-0.05, 0) is 0 Å². The van der Waals surface area contributed by atoms with Gasteiger partial charge in [-0.15, -0.1) is 0 Å². The zero-order valence-electron chi connectivity index (χ0n) is 5.14. The normalized spacial score (nSPS) is 27.6. The number of nitrogens with two attached hydrogens (primary N) is 1. The fourth-order valence-electron chi connectivity index (χ4n) is 0.633. The molecule has 0 aromatic carbocycles. The molecule has 1 fully saturated rings. The molecule has 0 aromatic rings. The van der Waals surface area contributed by atoms with E-state index in [4.69, 9.17) is 0 Å². The largest absolute Gasteiger partial charge is 0.449 e. The molecule has 1 unspecified atom stereocenters. The van der Waals surface area contributed by atoms with Crippen LogP contribution in [0.4, 0.5) is 13.6 Å². The summed E-state index contributed by atoms with van der Waals surface area (Å²) in [5.41, 5.74) is 4.55. The van der Waals surface area contributed by atoms with Crippen LogP contribution in [0.1, 0.15) is 6.42 Å². The Bertz CT molecular complexity index is 160. The SMILES string of the molecule is NC(=O)OCC1CC1(F)F. The Morgan fingerprint density at radius 1 is 1.80 bits per heavy atom. The number of primary amides is 1. The van der Waals surface area contributed by atoms with Crippen LogP contribution in [0.25, 0.3) is 0 Å². The van der Waals surface area contributed by atoms with Crippen molar-refractivity contribution in [3.8, 4) is 0 Å². The molecular weight excluding hydrogens is 144 g/mol. The second-order valence-corrected chi connectivity index (χ2v) is 2.29.